The van der Waals surface area contributed by atoms with Gasteiger partial charge in [-0.1, -0.05) is 5.16 Å². The first-order chi connectivity index (χ1) is 7.22. The summed E-state index contributed by atoms with van der Waals surface area (Å²) in [6, 6.07) is 1.82. The highest BCUT2D eigenvalue weighted by atomic mass is 35.5. The monoisotopic (exact) mass is 245 g/mol. The van der Waals surface area contributed by atoms with Gasteiger partial charge >= 0.3 is 0 Å². The van der Waals surface area contributed by atoms with Gasteiger partial charge in [0, 0.05) is 25.2 Å². The van der Waals surface area contributed by atoms with Gasteiger partial charge in [0.1, 0.15) is 0 Å². The highest BCUT2D eigenvalue weighted by molar-refractivity contribution is 5.91. The van der Waals surface area contributed by atoms with Crippen molar-refractivity contribution in [2.45, 2.75) is 25.8 Å². The van der Waals surface area contributed by atoms with Crippen molar-refractivity contribution in [1.29, 1.82) is 0 Å². The van der Waals surface area contributed by atoms with Crippen LogP contribution >= 0.6 is 12.4 Å². The van der Waals surface area contributed by atoms with Gasteiger partial charge < -0.3 is 15.2 Å². The van der Waals surface area contributed by atoms with E-state index in [0.29, 0.717) is 12.3 Å². The molecule has 1 aromatic rings. The number of likely N-dealkylation sites (tertiary alicyclic amines) is 1. The van der Waals surface area contributed by atoms with Gasteiger partial charge in [0.05, 0.1) is 5.69 Å². The van der Waals surface area contributed by atoms with Crippen LogP contribution in [0.3, 0.4) is 0 Å². The first kappa shape index (κ1) is 13.0. The van der Waals surface area contributed by atoms with Crippen LogP contribution in [-0.4, -0.2) is 35.1 Å². The maximum atomic E-state index is 12.0. The van der Waals surface area contributed by atoms with Crippen molar-refractivity contribution in [3.63, 3.8) is 0 Å². The minimum absolute atomic E-state index is 0. The molecule has 1 fully saturated rings. The van der Waals surface area contributed by atoms with Crippen LogP contribution in [0.5, 0.6) is 0 Å². The van der Waals surface area contributed by atoms with E-state index >= 15 is 0 Å². The Balaban J connectivity index is 0.00000128. The average molecular weight is 246 g/mol. The third-order valence-corrected chi connectivity index (χ3v) is 2.75. The van der Waals surface area contributed by atoms with Gasteiger partial charge in [0.2, 0.25) is 5.76 Å². The summed E-state index contributed by atoms with van der Waals surface area (Å²) in [6.45, 7) is 3.07. The second-order valence-electron chi connectivity index (χ2n) is 3.86. The summed E-state index contributed by atoms with van der Waals surface area (Å²) in [5.41, 5.74) is 6.33. The van der Waals surface area contributed by atoms with Crippen LogP contribution in [0, 0.1) is 6.92 Å². The van der Waals surface area contributed by atoms with Crippen molar-refractivity contribution in [3.05, 3.63) is 17.5 Å². The molecular formula is C10H16ClN3O2. The van der Waals surface area contributed by atoms with E-state index in [0.717, 1.165) is 25.1 Å². The van der Waals surface area contributed by atoms with Gasteiger partial charge in [-0.3, -0.25) is 4.79 Å². The lowest BCUT2D eigenvalue weighted by Gasteiger charge is -2.21. The summed E-state index contributed by atoms with van der Waals surface area (Å²) in [5.74, 6) is 0.219. The fraction of sp³-hybridized carbons (Fsp3) is 0.600. The van der Waals surface area contributed by atoms with E-state index in [-0.39, 0.29) is 24.4 Å². The maximum Gasteiger partial charge on any atom is 0.292 e. The molecule has 1 atom stereocenters. The number of carbonyl (C=O) groups excluding carboxylic acids is 1. The van der Waals surface area contributed by atoms with Crippen LogP contribution in [0.1, 0.15) is 29.1 Å². The molecule has 2 heterocycles. The first-order valence-electron chi connectivity index (χ1n) is 5.16. The van der Waals surface area contributed by atoms with Crippen LogP contribution < -0.4 is 5.73 Å². The predicted molar refractivity (Wildman–Crippen MR) is 61.6 cm³/mol. The molecule has 0 bridgehead atoms. The van der Waals surface area contributed by atoms with Crippen LogP contribution in [0.25, 0.3) is 0 Å². The van der Waals surface area contributed by atoms with Crippen LogP contribution in [0.15, 0.2) is 10.6 Å². The Morgan fingerprint density at radius 2 is 2.50 bits per heavy atom. The van der Waals surface area contributed by atoms with Gasteiger partial charge in [-0.2, -0.15) is 0 Å². The molecule has 6 heteroatoms. The van der Waals surface area contributed by atoms with E-state index in [9.17, 15) is 4.79 Å². The number of carbonyl (C=O) groups is 1. The van der Waals surface area contributed by atoms with Crippen molar-refractivity contribution in [3.8, 4) is 0 Å². The van der Waals surface area contributed by atoms with E-state index < -0.39 is 0 Å². The summed E-state index contributed by atoms with van der Waals surface area (Å²) < 4.78 is 4.95. The Kier molecular flexibility index (Phi) is 4.32. The Hall–Kier alpha value is -1.07. The number of nitrogens with zero attached hydrogens (tertiary/aromatic N) is 2. The van der Waals surface area contributed by atoms with Crippen molar-refractivity contribution in [2.24, 2.45) is 5.73 Å². The molecule has 2 N–H and O–H groups in total. The molecule has 1 aromatic heterocycles. The summed E-state index contributed by atoms with van der Waals surface area (Å²) in [4.78, 5) is 13.7. The van der Waals surface area contributed by atoms with Gasteiger partial charge in [-0.25, -0.2) is 0 Å². The van der Waals surface area contributed by atoms with Crippen molar-refractivity contribution in [1.82, 2.24) is 10.1 Å². The normalized spacial score (nSPS) is 19.6. The quantitative estimate of drug-likeness (QED) is 0.843. The van der Waals surface area contributed by atoms with Gasteiger partial charge in [-0.15, -0.1) is 12.4 Å². The zero-order valence-electron chi connectivity index (χ0n) is 9.18. The largest absolute Gasteiger partial charge is 0.351 e. The molecule has 1 aliphatic heterocycles. The zero-order chi connectivity index (χ0) is 10.8. The molecule has 0 spiro atoms. The average Bonchev–Trinajstić information content (AvgIpc) is 2.84. The number of rotatable bonds is 2. The van der Waals surface area contributed by atoms with Crippen molar-refractivity contribution in [2.75, 3.05) is 13.1 Å². The fourth-order valence-corrected chi connectivity index (χ4v) is 1.95. The summed E-state index contributed by atoms with van der Waals surface area (Å²) >= 11 is 0. The molecule has 16 heavy (non-hydrogen) atoms. The zero-order valence-corrected chi connectivity index (χ0v) is 10.00. The van der Waals surface area contributed by atoms with Crippen LogP contribution in [-0.2, 0) is 0 Å². The molecule has 0 aliphatic carbocycles. The number of amides is 1. The smallest absolute Gasteiger partial charge is 0.292 e. The maximum absolute atomic E-state index is 12.0. The summed E-state index contributed by atoms with van der Waals surface area (Å²) in [6.07, 6.45) is 2.00. The van der Waals surface area contributed by atoms with E-state index in [1.54, 1.807) is 17.9 Å². The van der Waals surface area contributed by atoms with Crippen molar-refractivity contribution < 1.29 is 9.32 Å². The number of aryl methyl sites for hydroxylation is 1. The lowest BCUT2D eigenvalue weighted by molar-refractivity contribution is 0.0699. The molecule has 1 amide bonds. The number of nitrogens with two attached hydrogens (primary N) is 1. The highest BCUT2D eigenvalue weighted by Crippen LogP contribution is 2.19. The summed E-state index contributed by atoms with van der Waals surface area (Å²) in [7, 11) is 0. The molecule has 0 saturated carbocycles. The molecule has 1 aliphatic rings. The third-order valence-electron chi connectivity index (χ3n) is 2.75. The number of hydrogen-bond acceptors (Lipinski definition) is 4. The standard InChI is InChI=1S/C10H15N3O2.ClH/c1-7-5-9(15-12-7)10(14)13-4-2-3-8(13)6-11;/h5,8H,2-4,6,11H2,1H3;1H. The molecule has 1 unspecified atom stereocenters. The SMILES string of the molecule is Cc1cc(C(=O)N2CCCC2CN)on1.Cl. The highest BCUT2D eigenvalue weighted by Gasteiger charge is 2.30. The molecule has 0 aromatic carbocycles. The second kappa shape index (κ2) is 5.32. The predicted octanol–water partition coefficient (Wildman–Crippen LogP) is 0.968. The molecule has 5 nitrogen and oxygen atoms in total. The van der Waals surface area contributed by atoms with Crippen LogP contribution in [0.4, 0.5) is 0 Å². The second-order valence-corrected chi connectivity index (χ2v) is 3.86. The minimum atomic E-state index is -0.0939. The van der Waals surface area contributed by atoms with Gasteiger partial charge in [0.15, 0.2) is 0 Å². The Labute approximate surface area is 100 Å². The molecule has 1 saturated heterocycles. The third kappa shape index (κ3) is 2.36. The minimum Gasteiger partial charge on any atom is -0.351 e. The molecule has 0 radical (unpaired) electrons. The Bertz CT molecular complexity index is 367. The van der Waals surface area contributed by atoms with E-state index in [1.807, 2.05) is 0 Å². The van der Waals surface area contributed by atoms with Crippen LogP contribution in [0.2, 0.25) is 0 Å². The molecule has 2 rings (SSSR count). The van der Waals surface area contributed by atoms with E-state index in [4.69, 9.17) is 10.3 Å². The van der Waals surface area contributed by atoms with E-state index in [1.165, 1.54) is 0 Å². The Morgan fingerprint density at radius 3 is 3.06 bits per heavy atom. The van der Waals surface area contributed by atoms with Crippen molar-refractivity contribution >= 4 is 18.3 Å². The lowest BCUT2D eigenvalue weighted by atomic mass is 10.2. The van der Waals surface area contributed by atoms with E-state index in [2.05, 4.69) is 5.16 Å². The summed E-state index contributed by atoms with van der Waals surface area (Å²) in [5, 5.41) is 3.71. The number of hydrogen-bond donors (Lipinski definition) is 1. The molecule has 90 valence electrons. The van der Waals surface area contributed by atoms with Gasteiger partial charge in [0.25, 0.3) is 5.91 Å². The fourth-order valence-electron chi connectivity index (χ4n) is 1.95. The Morgan fingerprint density at radius 1 is 1.75 bits per heavy atom. The topological polar surface area (TPSA) is 72.4 Å². The first-order valence-corrected chi connectivity index (χ1v) is 5.16. The number of halogens is 1. The molecular weight excluding hydrogens is 230 g/mol. The lowest BCUT2D eigenvalue weighted by Crippen LogP contribution is -2.39. The van der Waals surface area contributed by atoms with Gasteiger partial charge in [-0.05, 0) is 19.8 Å². The number of aromatic nitrogens is 1.